The standard InChI is InChI=1S/C20H19ClFNO/c21-18-4-2-1-3-14(18)13-23(17-9-10-17)19(24)20(11-12-20)15-5-7-16(22)8-6-15/h1-8,17H,9-13H2. The maximum absolute atomic E-state index is 13.3. The Morgan fingerprint density at radius 1 is 1.12 bits per heavy atom. The number of carbonyl (C=O) groups excluding carboxylic acids is 1. The summed E-state index contributed by atoms with van der Waals surface area (Å²) in [6.45, 7) is 0.548. The molecule has 124 valence electrons. The van der Waals surface area contributed by atoms with Gasteiger partial charge in [-0.1, -0.05) is 41.9 Å². The average Bonchev–Trinajstić information content (AvgIpc) is 3.47. The van der Waals surface area contributed by atoms with Crippen LogP contribution >= 0.6 is 11.6 Å². The first-order valence-corrected chi connectivity index (χ1v) is 8.78. The van der Waals surface area contributed by atoms with Crippen LogP contribution in [0.2, 0.25) is 5.02 Å². The molecule has 0 aliphatic heterocycles. The Balaban J connectivity index is 1.61. The molecule has 0 aromatic heterocycles. The van der Waals surface area contributed by atoms with Crippen LogP contribution in [0.25, 0.3) is 0 Å². The van der Waals surface area contributed by atoms with E-state index in [9.17, 15) is 9.18 Å². The van der Waals surface area contributed by atoms with Crippen molar-refractivity contribution in [2.75, 3.05) is 0 Å². The first-order valence-electron chi connectivity index (χ1n) is 8.41. The minimum Gasteiger partial charge on any atom is -0.335 e. The number of carbonyl (C=O) groups is 1. The molecule has 4 heteroatoms. The summed E-state index contributed by atoms with van der Waals surface area (Å²) in [5, 5.41) is 0.697. The Labute approximate surface area is 146 Å². The van der Waals surface area contributed by atoms with E-state index in [1.54, 1.807) is 12.1 Å². The van der Waals surface area contributed by atoms with Crippen LogP contribution < -0.4 is 0 Å². The van der Waals surface area contributed by atoms with Gasteiger partial charge in [-0.15, -0.1) is 0 Å². The Hall–Kier alpha value is -1.87. The lowest BCUT2D eigenvalue weighted by Gasteiger charge is -2.28. The molecule has 4 rings (SSSR count). The summed E-state index contributed by atoms with van der Waals surface area (Å²) in [4.78, 5) is 15.3. The van der Waals surface area contributed by atoms with Gasteiger partial charge in [-0.2, -0.15) is 0 Å². The van der Waals surface area contributed by atoms with Crippen molar-refractivity contribution >= 4 is 17.5 Å². The molecule has 0 atom stereocenters. The molecule has 1 amide bonds. The first-order chi connectivity index (χ1) is 11.6. The third-order valence-electron chi connectivity index (χ3n) is 5.10. The van der Waals surface area contributed by atoms with Crippen molar-refractivity contribution in [1.82, 2.24) is 4.90 Å². The van der Waals surface area contributed by atoms with E-state index in [1.807, 2.05) is 29.2 Å². The lowest BCUT2D eigenvalue weighted by molar-refractivity contribution is -0.135. The topological polar surface area (TPSA) is 20.3 Å². The molecule has 0 saturated heterocycles. The van der Waals surface area contributed by atoms with Crippen LogP contribution in [0.4, 0.5) is 4.39 Å². The molecular weight excluding hydrogens is 325 g/mol. The van der Waals surface area contributed by atoms with Gasteiger partial charge in [-0.05, 0) is 55.0 Å². The van der Waals surface area contributed by atoms with Crippen molar-refractivity contribution in [3.63, 3.8) is 0 Å². The molecule has 0 heterocycles. The van der Waals surface area contributed by atoms with E-state index in [4.69, 9.17) is 11.6 Å². The predicted octanol–water partition coefficient (Wildman–Crippen LogP) is 4.70. The number of rotatable bonds is 5. The van der Waals surface area contributed by atoms with E-state index in [1.165, 1.54) is 12.1 Å². The van der Waals surface area contributed by atoms with Crippen molar-refractivity contribution in [1.29, 1.82) is 0 Å². The molecule has 2 aromatic rings. The number of hydrogen-bond donors (Lipinski definition) is 0. The Morgan fingerprint density at radius 3 is 2.38 bits per heavy atom. The van der Waals surface area contributed by atoms with Crippen molar-refractivity contribution < 1.29 is 9.18 Å². The van der Waals surface area contributed by atoms with Gasteiger partial charge >= 0.3 is 0 Å². The minimum atomic E-state index is -0.461. The minimum absolute atomic E-state index is 0.163. The van der Waals surface area contributed by atoms with Crippen LogP contribution in [0.5, 0.6) is 0 Å². The number of amides is 1. The summed E-state index contributed by atoms with van der Waals surface area (Å²) >= 11 is 6.28. The molecule has 2 fully saturated rings. The zero-order chi connectivity index (χ0) is 16.7. The highest BCUT2D eigenvalue weighted by Gasteiger charge is 2.54. The largest absolute Gasteiger partial charge is 0.335 e. The Kier molecular flexibility index (Phi) is 3.84. The molecule has 2 aliphatic rings. The highest BCUT2D eigenvalue weighted by molar-refractivity contribution is 6.31. The molecule has 0 radical (unpaired) electrons. The molecular formula is C20H19ClFNO. The number of hydrogen-bond acceptors (Lipinski definition) is 1. The van der Waals surface area contributed by atoms with Gasteiger partial charge in [-0.25, -0.2) is 4.39 Å². The van der Waals surface area contributed by atoms with Crippen LogP contribution in [-0.4, -0.2) is 16.8 Å². The number of benzene rings is 2. The van der Waals surface area contributed by atoms with E-state index in [0.29, 0.717) is 17.6 Å². The lowest BCUT2D eigenvalue weighted by Crippen LogP contribution is -2.40. The van der Waals surface area contributed by atoms with Crippen LogP contribution in [0.1, 0.15) is 36.8 Å². The first kappa shape index (κ1) is 15.6. The summed E-state index contributed by atoms with van der Waals surface area (Å²) in [6, 6.07) is 14.4. The van der Waals surface area contributed by atoms with Crippen LogP contribution in [-0.2, 0) is 16.8 Å². The van der Waals surface area contributed by atoms with Crippen molar-refractivity contribution in [3.8, 4) is 0 Å². The second-order valence-corrected chi connectivity index (χ2v) is 7.25. The van der Waals surface area contributed by atoms with Crippen molar-refractivity contribution in [2.24, 2.45) is 0 Å². The maximum atomic E-state index is 13.3. The fourth-order valence-electron chi connectivity index (χ4n) is 3.36. The zero-order valence-electron chi connectivity index (χ0n) is 13.3. The van der Waals surface area contributed by atoms with Crippen molar-refractivity contribution in [2.45, 2.75) is 43.7 Å². The molecule has 0 N–H and O–H groups in total. The fraction of sp³-hybridized carbons (Fsp3) is 0.350. The van der Waals surface area contributed by atoms with Gasteiger partial charge in [0.1, 0.15) is 5.82 Å². The second-order valence-electron chi connectivity index (χ2n) is 6.84. The van der Waals surface area contributed by atoms with Gasteiger partial charge in [0.25, 0.3) is 0 Å². The summed E-state index contributed by atoms with van der Waals surface area (Å²) in [7, 11) is 0. The van der Waals surface area contributed by atoms with E-state index >= 15 is 0 Å². The van der Waals surface area contributed by atoms with Gasteiger partial charge in [0.2, 0.25) is 5.91 Å². The monoisotopic (exact) mass is 343 g/mol. The van der Waals surface area contributed by atoms with Gasteiger partial charge < -0.3 is 4.90 Å². The molecule has 2 saturated carbocycles. The molecule has 0 spiro atoms. The normalized spacial score (nSPS) is 18.2. The number of halogens is 2. The summed E-state index contributed by atoms with van der Waals surface area (Å²) in [6.07, 6.45) is 3.78. The van der Waals surface area contributed by atoms with Crippen LogP contribution in [0.15, 0.2) is 48.5 Å². The highest BCUT2D eigenvalue weighted by Crippen LogP contribution is 2.51. The molecule has 2 aromatic carbocycles. The van der Waals surface area contributed by atoms with E-state index in [0.717, 1.165) is 36.8 Å². The van der Waals surface area contributed by atoms with Gasteiger partial charge in [0, 0.05) is 17.6 Å². The van der Waals surface area contributed by atoms with Crippen LogP contribution in [0, 0.1) is 5.82 Å². The molecule has 2 nitrogen and oxygen atoms in total. The van der Waals surface area contributed by atoms with Gasteiger partial charge in [0.15, 0.2) is 0 Å². The smallest absolute Gasteiger partial charge is 0.233 e. The van der Waals surface area contributed by atoms with Crippen LogP contribution in [0.3, 0.4) is 0 Å². The SMILES string of the molecule is O=C(N(Cc1ccccc1Cl)C1CC1)C1(c2ccc(F)cc2)CC1. The number of nitrogens with zero attached hydrogens (tertiary/aromatic N) is 1. The van der Waals surface area contributed by atoms with Gasteiger partial charge in [0.05, 0.1) is 5.41 Å². The average molecular weight is 344 g/mol. The zero-order valence-corrected chi connectivity index (χ0v) is 14.1. The Morgan fingerprint density at radius 2 is 1.79 bits per heavy atom. The molecule has 24 heavy (non-hydrogen) atoms. The van der Waals surface area contributed by atoms with Gasteiger partial charge in [-0.3, -0.25) is 4.79 Å². The highest BCUT2D eigenvalue weighted by atomic mass is 35.5. The summed E-state index contributed by atoms with van der Waals surface area (Å²) in [5.41, 5.74) is 1.45. The molecule has 0 bridgehead atoms. The quantitative estimate of drug-likeness (QED) is 0.770. The van der Waals surface area contributed by atoms with E-state index < -0.39 is 5.41 Å². The lowest BCUT2D eigenvalue weighted by atomic mass is 9.94. The molecule has 0 unspecified atom stereocenters. The van der Waals surface area contributed by atoms with E-state index in [-0.39, 0.29) is 11.7 Å². The summed E-state index contributed by atoms with van der Waals surface area (Å²) in [5.74, 6) is -0.103. The summed E-state index contributed by atoms with van der Waals surface area (Å²) < 4.78 is 13.2. The molecule has 2 aliphatic carbocycles. The van der Waals surface area contributed by atoms with Crippen molar-refractivity contribution in [3.05, 3.63) is 70.5 Å². The second kappa shape index (κ2) is 5.89. The predicted molar refractivity (Wildman–Crippen MR) is 92.3 cm³/mol. The van der Waals surface area contributed by atoms with E-state index in [2.05, 4.69) is 0 Å². The Bertz CT molecular complexity index is 765. The third-order valence-corrected chi connectivity index (χ3v) is 5.47. The fourth-order valence-corrected chi connectivity index (χ4v) is 3.55. The maximum Gasteiger partial charge on any atom is 0.233 e. The third kappa shape index (κ3) is 2.82.